The second-order valence-corrected chi connectivity index (χ2v) is 17.4. The lowest BCUT2D eigenvalue weighted by Crippen LogP contribution is -2.03. The summed E-state index contributed by atoms with van der Waals surface area (Å²) in [6.07, 6.45) is 46.2. The van der Waals surface area contributed by atoms with E-state index >= 15 is 0 Å². The van der Waals surface area contributed by atoms with E-state index in [-0.39, 0.29) is 0 Å². The molecule has 0 saturated carbocycles. The first kappa shape index (κ1) is 46.2. The number of nitrogens with zero attached hydrogens (tertiary/aromatic N) is 1. The lowest BCUT2D eigenvalue weighted by Gasteiger charge is -2.24. The summed E-state index contributed by atoms with van der Waals surface area (Å²) in [4.78, 5) is 4.81. The van der Waals surface area contributed by atoms with Crippen LogP contribution >= 0.6 is 0 Å². The van der Waals surface area contributed by atoms with Crippen LogP contribution in [-0.2, 0) is 6.42 Å². The van der Waals surface area contributed by atoms with Crippen molar-refractivity contribution in [2.45, 2.75) is 19.3 Å². The van der Waals surface area contributed by atoms with Crippen LogP contribution in [0, 0.1) is 0 Å². The molecule has 0 bridgehead atoms. The van der Waals surface area contributed by atoms with Crippen LogP contribution in [0.2, 0.25) is 0 Å². The molecule has 0 heterocycles. The summed E-state index contributed by atoms with van der Waals surface area (Å²) in [7, 11) is 0. The highest BCUT2D eigenvalue weighted by Gasteiger charge is 2.26. The minimum absolute atomic E-state index is 0.609. The van der Waals surface area contributed by atoms with E-state index in [4.69, 9.17) is 4.99 Å². The number of allylic oxidation sites excluding steroid dienone is 20. The molecule has 0 atom stereocenters. The number of rotatable bonds is 13. The minimum Gasteiger partial charge on any atom is -0.264 e. The molecule has 10 rings (SSSR count). The van der Waals surface area contributed by atoms with Crippen LogP contribution in [0.15, 0.2) is 295 Å². The number of hydrogen-bond acceptors (Lipinski definition) is 1. The van der Waals surface area contributed by atoms with Crippen molar-refractivity contribution >= 4 is 34.7 Å². The van der Waals surface area contributed by atoms with E-state index in [9.17, 15) is 0 Å². The highest BCUT2D eigenvalue weighted by molar-refractivity contribution is 6.05. The second kappa shape index (κ2) is 22.7. The maximum atomic E-state index is 4.81. The molecule has 1 heteroatoms. The van der Waals surface area contributed by atoms with Gasteiger partial charge in [-0.2, -0.15) is 0 Å². The number of benzene rings is 6. The number of hydrogen-bond donors (Lipinski definition) is 0. The molecule has 0 unspecified atom stereocenters. The van der Waals surface area contributed by atoms with Gasteiger partial charge in [-0.25, -0.2) is 0 Å². The SMILES string of the molecule is C=N/C(=C\C=C=CCc1cc(C2=C=CC=CC=C2)c(C2=CC=C=CC=C2)c(-c2ccccc2)c1-c1ccccc1)c1cc(-c2ccccc2)c(C2=CC=CC=C=C2)c(-c2ccccc2)c1C1=C=CCCC=C1. The molecular weight excluding hydrogens is 867 g/mol. The Balaban J connectivity index is 1.19. The van der Waals surface area contributed by atoms with E-state index in [0.717, 1.165) is 108 Å². The largest absolute Gasteiger partial charge is 0.264 e. The van der Waals surface area contributed by atoms with Crippen molar-refractivity contribution in [2.24, 2.45) is 4.99 Å². The molecule has 1 nitrogen and oxygen atoms in total. The molecule has 0 radical (unpaired) electrons. The average Bonchev–Trinajstić information content (AvgIpc) is 4.09. The predicted molar refractivity (Wildman–Crippen MR) is 308 cm³/mol. The molecule has 340 valence electrons. The lowest BCUT2D eigenvalue weighted by molar-refractivity contribution is 1.06. The third kappa shape index (κ3) is 10.3. The Morgan fingerprint density at radius 3 is 1.93 bits per heavy atom. The summed E-state index contributed by atoms with van der Waals surface area (Å²) >= 11 is 0. The number of aliphatic imine (C=N–C) groups is 1. The fraction of sp³-hybridized carbons (Fsp3) is 0.0423. The van der Waals surface area contributed by atoms with E-state index in [1.54, 1.807) is 0 Å². The van der Waals surface area contributed by atoms with Crippen molar-refractivity contribution < 1.29 is 0 Å². The highest BCUT2D eigenvalue weighted by Crippen LogP contribution is 2.48. The maximum Gasteiger partial charge on any atom is 0.0707 e. The van der Waals surface area contributed by atoms with Crippen LogP contribution in [0.5, 0.6) is 0 Å². The van der Waals surface area contributed by atoms with Gasteiger partial charge in [0.05, 0.1) is 5.70 Å². The molecule has 6 aromatic carbocycles. The van der Waals surface area contributed by atoms with Gasteiger partial charge in [-0.3, -0.25) is 4.99 Å². The van der Waals surface area contributed by atoms with Gasteiger partial charge < -0.3 is 0 Å². The summed E-state index contributed by atoms with van der Waals surface area (Å²) in [5.74, 6) is 0. The van der Waals surface area contributed by atoms with Gasteiger partial charge in [0.25, 0.3) is 0 Å². The molecule has 4 aliphatic carbocycles. The normalized spacial score (nSPS) is 14.4. The van der Waals surface area contributed by atoms with E-state index < -0.39 is 0 Å². The maximum absolute atomic E-state index is 4.81. The van der Waals surface area contributed by atoms with Crippen LogP contribution in [0.3, 0.4) is 0 Å². The van der Waals surface area contributed by atoms with Crippen LogP contribution in [-0.4, -0.2) is 6.72 Å². The van der Waals surface area contributed by atoms with E-state index in [1.807, 2.05) is 54.7 Å². The second-order valence-electron chi connectivity index (χ2n) is 17.4. The fourth-order valence-electron chi connectivity index (χ4n) is 9.66. The summed E-state index contributed by atoms with van der Waals surface area (Å²) in [6, 6.07) is 47.5. The van der Waals surface area contributed by atoms with Crippen molar-refractivity contribution in [1.82, 2.24) is 0 Å². The average molecular weight is 918 g/mol. The molecule has 0 saturated heterocycles. The van der Waals surface area contributed by atoms with Gasteiger partial charge in [0, 0.05) is 22.3 Å². The molecule has 72 heavy (non-hydrogen) atoms. The van der Waals surface area contributed by atoms with Gasteiger partial charge in [-0.1, -0.05) is 182 Å². The van der Waals surface area contributed by atoms with Gasteiger partial charge in [0.2, 0.25) is 0 Å². The summed E-state index contributed by atoms with van der Waals surface area (Å²) in [6.45, 7) is 4.20. The summed E-state index contributed by atoms with van der Waals surface area (Å²) < 4.78 is 0. The zero-order chi connectivity index (χ0) is 48.7. The van der Waals surface area contributed by atoms with Crippen molar-refractivity contribution in [2.75, 3.05) is 0 Å². The standard InChI is InChI=1S/C71H51N/c1-72-65(64-52-63(54-35-23-10-24-36-54)68(57-41-19-6-7-20-42-57)71(60-47-29-13-30-48-60)69(64)58-43-21-8-9-22-44-58)50-32-14-31-49-61-51-62(53-33-15-2-3-16-34-53)67(56-39-17-4-5-18-40-56)70(59-45-27-12-28-46-59)66(61)55-37-25-11-26-38-55/h2-4,6-7,10-13,15-19,21-33,35-43,45-48,50-52H,1,8-9,49H2/b65-50-. The first-order valence-electron chi connectivity index (χ1n) is 24.5. The third-order valence-corrected chi connectivity index (χ3v) is 12.9. The monoisotopic (exact) mass is 917 g/mol. The fourth-order valence-corrected chi connectivity index (χ4v) is 9.66. The van der Waals surface area contributed by atoms with Crippen LogP contribution in [0.1, 0.15) is 46.2 Å². The quantitative estimate of drug-likeness (QED) is 0.0622. The van der Waals surface area contributed by atoms with Crippen LogP contribution in [0.4, 0.5) is 0 Å². The van der Waals surface area contributed by atoms with E-state index in [1.165, 1.54) is 11.1 Å². The molecule has 0 fully saturated rings. The van der Waals surface area contributed by atoms with Crippen LogP contribution in [0.25, 0.3) is 72.5 Å². The molecule has 4 aliphatic rings. The Bertz CT molecular complexity index is 3680. The lowest BCUT2D eigenvalue weighted by atomic mass is 9.79. The molecule has 0 spiro atoms. The first-order chi connectivity index (χ1) is 35.8. The summed E-state index contributed by atoms with van der Waals surface area (Å²) in [5.41, 5.74) is 38.0. The summed E-state index contributed by atoms with van der Waals surface area (Å²) in [5, 5.41) is 0. The van der Waals surface area contributed by atoms with E-state index in [2.05, 4.69) is 242 Å². The smallest absolute Gasteiger partial charge is 0.0707 e. The Morgan fingerprint density at radius 1 is 0.528 bits per heavy atom. The Morgan fingerprint density at radius 2 is 1.19 bits per heavy atom. The predicted octanol–water partition coefficient (Wildman–Crippen LogP) is 18.2. The molecule has 0 N–H and O–H groups in total. The minimum atomic E-state index is 0.609. The zero-order valence-corrected chi connectivity index (χ0v) is 40.1. The molecule has 0 amide bonds. The van der Waals surface area contributed by atoms with Gasteiger partial charge in [0.1, 0.15) is 0 Å². The van der Waals surface area contributed by atoms with Gasteiger partial charge in [-0.15, -0.1) is 28.7 Å². The third-order valence-electron chi connectivity index (χ3n) is 12.9. The topological polar surface area (TPSA) is 12.4 Å². The first-order valence-corrected chi connectivity index (χ1v) is 24.5. The van der Waals surface area contributed by atoms with Crippen molar-refractivity contribution in [1.29, 1.82) is 0 Å². The van der Waals surface area contributed by atoms with Crippen molar-refractivity contribution in [3.8, 4) is 44.5 Å². The Kier molecular flexibility index (Phi) is 14.6. The van der Waals surface area contributed by atoms with Crippen molar-refractivity contribution in [3.05, 3.63) is 323 Å². The highest BCUT2D eigenvalue weighted by atomic mass is 14.7. The molecule has 0 aromatic heterocycles. The van der Waals surface area contributed by atoms with Gasteiger partial charge >= 0.3 is 0 Å². The Hall–Kier alpha value is -9.49. The zero-order valence-electron chi connectivity index (χ0n) is 40.1. The molecule has 0 aliphatic heterocycles. The van der Waals surface area contributed by atoms with Crippen molar-refractivity contribution in [3.63, 3.8) is 0 Å². The Labute approximate surface area is 424 Å². The van der Waals surface area contributed by atoms with E-state index in [0.29, 0.717) is 6.42 Å². The molecular formula is C71H51N. The molecule has 6 aromatic rings. The van der Waals surface area contributed by atoms with Gasteiger partial charge in [0.15, 0.2) is 0 Å². The van der Waals surface area contributed by atoms with Gasteiger partial charge in [-0.05, 0) is 183 Å². The van der Waals surface area contributed by atoms with Crippen LogP contribution < -0.4 is 0 Å².